The lowest BCUT2D eigenvalue weighted by Gasteiger charge is -2.43. The summed E-state index contributed by atoms with van der Waals surface area (Å²) < 4.78 is 16.4. The molecule has 0 spiro atoms. The van der Waals surface area contributed by atoms with Gasteiger partial charge in [-0.15, -0.1) is 0 Å². The lowest BCUT2D eigenvalue weighted by atomic mass is 10.0. The molecule has 2 aromatic rings. The lowest BCUT2D eigenvalue weighted by Crippen LogP contribution is -2.53. The Morgan fingerprint density at radius 2 is 1.38 bits per heavy atom. The first-order valence-electron chi connectivity index (χ1n) is 12.4. The summed E-state index contributed by atoms with van der Waals surface area (Å²) in [5, 5.41) is 14.8. The van der Waals surface area contributed by atoms with Crippen LogP contribution in [0.25, 0.3) is 0 Å². The van der Waals surface area contributed by atoms with Crippen LogP contribution in [0, 0.1) is 0 Å². The summed E-state index contributed by atoms with van der Waals surface area (Å²) in [5.74, 6) is -1.08. The Morgan fingerprint density at radius 1 is 0.784 bits per heavy atom. The van der Waals surface area contributed by atoms with Crippen LogP contribution in [0.15, 0.2) is 42.5 Å². The van der Waals surface area contributed by atoms with Crippen molar-refractivity contribution in [2.45, 2.75) is 25.4 Å². The number of carbonyl (C=O) groups is 2. The van der Waals surface area contributed by atoms with Crippen LogP contribution in [0.2, 0.25) is 0 Å². The van der Waals surface area contributed by atoms with Gasteiger partial charge in [0.1, 0.15) is 5.75 Å². The summed E-state index contributed by atoms with van der Waals surface area (Å²) in [6.07, 6.45) is 2.48. The molecule has 10 nitrogen and oxygen atoms in total. The number of benzene rings is 2. The number of nitrogens with zero attached hydrogens (tertiary/aromatic N) is 3. The van der Waals surface area contributed by atoms with E-state index in [1.807, 2.05) is 12.1 Å². The molecule has 2 saturated heterocycles. The predicted octanol–water partition coefficient (Wildman–Crippen LogP) is 2.65. The quantitative estimate of drug-likeness (QED) is 0.534. The zero-order valence-corrected chi connectivity index (χ0v) is 21.8. The van der Waals surface area contributed by atoms with E-state index in [1.165, 1.54) is 24.1 Å². The second-order valence-corrected chi connectivity index (χ2v) is 9.00. The Hall–Kier alpha value is -3.50. The molecule has 2 fully saturated rings. The Kier molecular flexibility index (Phi) is 10.4. The fourth-order valence-corrected chi connectivity index (χ4v) is 4.90. The molecule has 37 heavy (non-hydrogen) atoms. The molecule has 2 heterocycles. The highest BCUT2D eigenvalue weighted by molar-refractivity contribution is 6.27. The van der Waals surface area contributed by atoms with Gasteiger partial charge in [0, 0.05) is 38.8 Å². The van der Waals surface area contributed by atoms with Gasteiger partial charge >= 0.3 is 11.9 Å². The lowest BCUT2D eigenvalue weighted by molar-refractivity contribution is -0.159. The first-order valence-corrected chi connectivity index (χ1v) is 12.4. The minimum atomic E-state index is -1.82. The molecule has 2 aliphatic heterocycles. The molecule has 0 atom stereocenters. The van der Waals surface area contributed by atoms with Crippen molar-refractivity contribution in [1.82, 2.24) is 9.80 Å². The van der Waals surface area contributed by atoms with E-state index >= 15 is 0 Å². The zero-order chi connectivity index (χ0) is 26.8. The molecular weight excluding hydrogens is 478 g/mol. The zero-order valence-electron chi connectivity index (χ0n) is 21.8. The van der Waals surface area contributed by atoms with Crippen molar-refractivity contribution in [3.05, 3.63) is 48.0 Å². The molecule has 10 heteroatoms. The van der Waals surface area contributed by atoms with Crippen molar-refractivity contribution in [2.24, 2.45) is 0 Å². The molecule has 0 aromatic heterocycles. The molecule has 0 radical (unpaired) electrons. The van der Waals surface area contributed by atoms with Gasteiger partial charge in [-0.3, -0.25) is 9.80 Å². The number of para-hydroxylation sites is 2. The predicted molar refractivity (Wildman–Crippen MR) is 140 cm³/mol. The van der Waals surface area contributed by atoms with E-state index in [-0.39, 0.29) is 0 Å². The van der Waals surface area contributed by atoms with Crippen molar-refractivity contribution in [3.8, 4) is 17.2 Å². The topological polar surface area (TPSA) is 112 Å². The van der Waals surface area contributed by atoms with Gasteiger partial charge < -0.3 is 29.3 Å². The van der Waals surface area contributed by atoms with Crippen LogP contribution in [0.1, 0.15) is 18.4 Å². The molecule has 2 N–H and O–H groups in total. The van der Waals surface area contributed by atoms with Gasteiger partial charge in [-0.1, -0.05) is 18.2 Å². The van der Waals surface area contributed by atoms with Crippen LogP contribution in [-0.4, -0.2) is 98.6 Å². The Balaban J connectivity index is 0.000000568. The van der Waals surface area contributed by atoms with Crippen LogP contribution in [0.4, 0.5) is 5.69 Å². The van der Waals surface area contributed by atoms with E-state index in [0.717, 1.165) is 63.1 Å². The molecule has 0 unspecified atom stereocenters. The van der Waals surface area contributed by atoms with E-state index in [1.54, 1.807) is 21.3 Å². The van der Waals surface area contributed by atoms with Gasteiger partial charge in [0.15, 0.2) is 11.5 Å². The third kappa shape index (κ3) is 7.74. The van der Waals surface area contributed by atoms with Crippen LogP contribution in [0.5, 0.6) is 17.2 Å². The molecule has 2 aliphatic rings. The summed E-state index contributed by atoms with van der Waals surface area (Å²) in [6, 6.07) is 15.3. The monoisotopic (exact) mass is 515 g/mol. The van der Waals surface area contributed by atoms with E-state index < -0.39 is 11.9 Å². The fourth-order valence-electron chi connectivity index (χ4n) is 4.90. The second-order valence-electron chi connectivity index (χ2n) is 9.00. The first-order chi connectivity index (χ1) is 17.9. The number of carboxylic acids is 2. The first kappa shape index (κ1) is 28.1. The Morgan fingerprint density at radius 3 is 1.95 bits per heavy atom. The summed E-state index contributed by atoms with van der Waals surface area (Å²) >= 11 is 0. The summed E-state index contributed by atoms with van der Waals surface area (Å²) in [6.45, 7) is 7.63. The average molecular weight is 516 g/mol. The van der Waals surface area contributed by atoms with E-state index in [9.17, 15) is 0 Å². The highest BCUT2D eigenvalue weighted by atomic mass is 16.5. The highest BCUT2D eigenvalue weighted by Gasteiger charge is 2.28. The van der Waals surface area contributed by atoms with Gasteiger partial charge in [-0.2, -0.15) is 0 Å². The number of ether oxygens (including phenoxy) is 3. The number of anilines is 1. The standard InChI is InChI=1S/C25H35N3O3.C2H2O4/c1-29-23-7-5-4-6-22(23)28-16-14-27(15-17-28)21-10-12-26(13-11-21)19-20-8-9-24(30-2)25(18-20)31-3;3-1(4)2(5)6/h4-9,18,21H,10-17,19H2,1-3H3;(H,3,4)(H,5,6). The van der Waals surface area contributed by atoms with Crippen molar-refractivity contribution in [2.75, 3.05) is 65.5 Å². The van der Waals surface area contributed by atoms with Crippen molar-refractivity contribution in [1.29, 1.82) is 0 Å². The van der Waals surface area contributed by atoms with Gasteiger partial charge in [0.2, 0.25) is 0 Å². The van der Waals surface area contributed by atoms with Gasteiger partial charge in [-0.25, -0.2) is 9.59 Å². The van der Waals surface area contributed by atoms with E-state index in [0.29, 0.717) is 6.04 Å². The molecular formula is C27H37N3O7. The number of carboxylic acid groups (broad SMARTS) is 2. The maximum absolute atomic E-state index is 9.10. The number of hydrogen-bond acceptors (Lipinski definition) is 8. The number of methoxy groups -OCH3 is 3. The third-order valence-electron chi connectivity index (χ3n) is 6.85. The van der Waals surface area contributed by atoms with Crippen molar-refractivity contribution >= 4 is 17.6 Å². The highest BCUT2D eigenvalue weighted by Crippen LogP contribution is 2.30. The van der Waals surface area contributed by atoms with Crippen LogP contribution >= 0.6 is 0 Å². The smallest absolute Gasteiger partial charge is 0.414 e. The summed E-state index contributed by atoms with van der Waals surface area (Å²) in [5.41, 5.74) is 2.50. The minimum Gasteiger partial charge on any atom is -0.495 e. The van der Waals surface area contributed by atoms with Crippen LogP contribution in [0.3, 0.4) is 0 Å². The Bertz CT molecular complexity index is 1020. The number of piperidine rings is 1. The summed E-state index contributed by atoms with van der Waals surface area (Å²) in [7, 11) is 5.13. The van der Waals surface area contributed by atoms with Gasteiger partial charge in [0.05, 0.1) is 27.0 Å². The number of rotatable bonds is 7. The number of piperazine rings is 1. The largest absolute Gasteiger partial charge is 0.495 e. The van der Waals surface area contributed by atoms with Gasteiger partial charge in [-0.05, 0) is 55.8 Å². The minimum absolute atomic E-state index is 0.696. The van der Waals surface area contributed by atoms with Crippen LogP contribution in [-0.2, 0) is 16.1 Å². The summed E-state index contributed by atoms with van der Waals surface area (Å²) in [4.78, 5) is 25.9. The molecule has 4 rings (SSSR count). The Labute approximate surface area is 217 Å². The molecule has 202 valence electrons. The molecule has 0 aliphatic carbocycles. The van der Waals surface area contributed by atoms with E-state index in [4.69, 9.17) is 34.0 Å². The van der Waals surface area contributed by atoms with Crippen molar-refractivity contribution < 1.29 is 34.0 Å². The number of likely N-dealkylation sites (tertiary alicyclic amines) is 1. The second kappa shape index (κ2) is 13.7. The normalized spacial score (nSPS) is 16.9. The fraction of sp³-hybridized carbons (Fsp3) is 0.481. The molecule has 0 amide bonds. The van der Waals surface area contributed by atoms with Crippen molar-refractivity contribution in [3.63, 3.8) is 0 Å². The average Bonchev–Trinajstić information content (AvgIpc) is 2.93. The SMILES string of the molecule is COc1ccc(CN2CCC(N3CCN(c4ccccc4OC)CC3)CC2)cc1OC.O=C(O)C(=O)O. The van der Waals surface area contributed by atoms with Crippen LogP contribution < -0.4 is 19.1 Å². The molecule has 2 aromatic carbocycles. The molecule has 0 saturated carbocycles. The number of aliphatic carboxylic acids is 2. The third-order valence-corrected chi connectivity index (χ3v) is 6.85. The maximum Gasteiger partial charge on any atom is 0.414 e. The molecule has 0 bridgehead atoms. The van der Waals surface area contributed by atoms with Gasteiger partial charge in [0.25, 0.3) is 0 Å². The number of hydrogen-bond donors (Lipinski definition) is 2. The van der Waals surface area contributed by atoms with E-state index in [2.05, 4.69) is 45.0 Å². The maximum atomic E-state index is 9.10.